The first-order valence-corrected chi connectivity index (χ1v) is 10.6. The van der Waals surface area contributed by atoms with Crippen LogP contribution in [0.2, 0.25) is 0 Å². The lowest BCUT2D eigenvalue weighted by Crippen LogP contribution is -2.46. The molecule has 9 nitrogen and oxygen atoms in total. The molecule has 2 aliphatic heterocycles. The number of anilines is 2. The van der Waals surface area contributed by atoms with E-state index in [4.69, 9.17) is 9.72 Å². The van der Waals surface area contributed by atoms with Gasteiger partial charge in [0.2, 0.25) is 0 Å². The van der Waals surface area contributed by atoms with Crippen molar-refractivity contribution in [2.75, 3.05) is 50.1 Å². The number of morpholine rings is 1. The summed E-state index contributed by atoms with van der Waals surface area (Å²) in [6, 6.07) is 7.23. The molecule has 1 saturated heterocycles. The molecule has 0 radical (unpaired) electrons. The van der Waals surface area contributed by atoms with E-state index in [1.165, 1.54) is 0 Å². The van der Waals surface area contributed by atoms with Gasteiger partial charge < -0.3 is 25.2 Å². The molecule has 0 bridgehead atoms. The van der Waals surface area contributed by atoms with Gasteiger partial charge in [0.15, 0.2) is 5.82 Å². The Labute approximate surface area is 181 Å². The maximum atomic E-state index is 12.9. The van der Waals surface area contributed by atoms with E-state index in [1.807, 2.05) is 19.1 Å². The summed E-state index contributed by atoms with van der Waals surface area (Å²) in [5.41, 5.74) is 2.84. The Morgan fingerprint density at radius 3 is 2.71 bits per heavy atom. The number of urea groups is 1. The number of hydrogen-bond acceptors (Lipinski definition) is 6. The van der Waals surface area contributed by atoms with Gasteiger partial charge in [0.1, 0.15) is 11.5 Å². The Kier molecular flexibility index (Phi) is 6.03. The average Bonchev–Trinajstić information content (AvgIpc) is 2.77. The minimum absolute atomic E-state index is 0.0819. The maximum Gasteiger partial charge on any atom is 0.319 e. The lowest BCUT2D eigenvalue weighted by atomic mass is 10.0. The average molecular weight is 425 g/mol. The molecule has 0 aliphatic carbocycles. The van der Waals surface area contributed by atoms with Gasteiger partial charge >= 0.3 is 6.03 Å². The van der Waals surface area contributed by atoms with Crippen molar-refractivity contribution >= 4 is 23.4 Å². The molecule has 1 fully saturated rings. The van der Waals surface area contributed by atoms with Crippen LogP contribution in [-0.4, -0.2) is 72.7 Å². The second-order valence-corrected chi connectivity index (χ2v) is 7.85. The van der Waals surface area contributed by atoms with Crippen LogP contribution in [-0.2, 0) is 11.2 Å². The highest BCUT2D eigenvalue weighted by Crippen LogP contribution is 2.31. The Balaban J connectivity index is 1.72. The normalized spacial score (nSPS) is 18.5. The van der Waals surface area contributed by atoms with Crippen molar-refractivity contribution in [3.8, 4) is 11.4 Å². The molecule has 164 valence electrons. The van der Waals surface area contributed by atoms with Gasteiger partial charge in [-0.3, -0.25) is 4.79 Å². The van der Waals surface area contributed by atoms with Gasteiger partial charge in [0.25, 0.3) is 5.91 Å². The minimum atomic E-state index is -0.252. The van der Waals surface area contributed by atoms with Crippen LogP contribution in [0.4, 0.5) is 16.3 Å². The highest BCUT2D eigenvalue weighted by atomic mass is 16.5. The molecular weight excluding hydrogens is 396 g/mol. The zero-order valence-corrected chi connectivity index (χ0v) is 18.1. The Bertz CT molecular complexity index is 978. The van der Waals surface area contributed by atoms with Gasteiger partial charge in [-0.05, 0) is 44.5 Å². The van der Waals surface area contributed by atoms with E-state index in [0.717, 1.165) is 29.9 Å². The van der Waals surface area contributed by atoms with Gasteiger partial charge in [-0.1, -0.05) is 0 Å². The maximum absolute atomic E-state index is 12.9. The van der Waals surface area contributed by atoms with Gasteiger partial charge in [0.05, 0.1) is 19.3 Å². The molecule has 2 N–H and O–H groups in total. The molecular formula is C22H28N6O3. The van der Waals surface area contributed by atoms with Gasteiger partial charge in [-0.15, -0.1) is 0 Å². The van der Waals surface area contributed by atoms with E-state index >= 15 is 0 Å². The van der Waals surface area contributed by atoms with Crippen molar-refractivity contribution in [1.29, 1.82) is 0 Å². The van der Waals surface area contributed by atoms with Gasteiger partial charge in [0, 0.05) is 43.5 Å². The molecule has 2 aromatic rings. The number of nitrogens with zero attached hydrogens (tertiary/aromatic N) is 4. The fourth-order valence-corrected chi connectivity index (χ4v) is 3.89. The van der Waals surface area contributed by atoms with Crippen molar-refractivity contribution in [2.24, 2.45) is 0 Å². The second-order valence-electron chi connectivity index (χ2n) is 7.85. The topological polar surface area (TPSA) is 99.7 Å². The van der Waals surface area contributed by atoms with Gasteiger partial charge in [-0.25, -0.2) is 14.8 Å². The summed E-state index contributed by atoms with van der Waals surface area (Å²) in [5.74, 6) is 1.24. The molecule has 1 aromatic carbocycles. The molecule has 0 saturated carbocycles. The molecule has 31 heavy (non-hydrogen) atoms. The van der Waals surface area contributed by atoms with Crippen molar-refractivity contribution in [2.45, 2.75) is 26.3 Å². The Morgan fingerprint density at radius 2 is 2.00 bits per heavy atom. The summed E-state index contributed by atoms with van der Waals surface area (Å²) in [6.45, 7) is 7.16. The van der Waals surface area contributed by atoms with Crippen molar-refractivity contribution < 1.29 is 14.3 Å². The van der Waals surface area contributed by atoms with Crippen molar-refractivity contribution in [3.05, 3.63) is 35.5 Å². The number of fused-ring (bicyclic) bond motifs is 1. The first-order valence-electron chi connectivity index (χ1n) is 10.6. The number of rotatable bonds is 4. The summed E-state index contributed by atoms with van der Waals surface area (Å²) in [5, 5.41) is 5.48. The van der Waals surface area contributed by atoms with Crippen LogP contribution in [0.5, 0.6) is 0 Å². The smallest absolute Gasteiger partial charge is 0.319 e. The first-order chi connectivity index (χ1) is 15.0. The van der Waals surface area contributed by atoms with E-state index in [1.54, 1.807) is 24.1 Å². The van der Waals surface area contributed by atoms with Gasteiger partial charge in [-0.2, -0.15) is 0 Å². The second kappa shape index (κ2) is 8.89. The molecule has 2 aliphatic rings. The zero-order chi connectivity index (χ0) is 22.0. The third-order valence-corrected chi connectivity index (χ3v) is 5.61. The third kappa shape index (κ3) is 4.32. The Morgan fingerprint density at radius 1 is 1.23 bits per heavy atom. The fraction of sp³-hybridized carbons (Fsp3) is 0.455. The van der Waals surface area contributed by atoms with E-state index in [0.29, 0.717) is 43.5 Å². The highest BCUT2D eigenvalue weighted by molar-refractivity contribution is 5.96. The minimum Gasteiger partial charge on any atom is -0.377 e. The predicted molar refractivity (Wildman–Crippen MR) is 118 cm³/mol. The standard InChI is InChI=1S/C22H28N6O3/c1-4-23-22(30)24-16-7-5-15(6-8-16)19-25-18-17(9-10-27(3)21(18)29)20(26-19)28-11-12-31-13-14(28)2/h5-8,14H,4,9-13H2,1-3H3,(H2,23,24,30). The summed E-state index contributed by atoms with van der Waals surface area (Å²) in [4.78, 5) is 38.1. The number of hydrogen-bond donors (Lipinski definition) is 2. The Hall–Kier alpha value is -3.20. The van der Waals surface area contributed by atoms with Crippen LogP contribution in [0, 0.1) is 0 Å². The number of ether oxygens (including phenoxy) is 1. The van der Waals surface area contributed by atoms with Crippen molar-refractivity contribution in [1.82, 2.24) is 20.2 Å². The molecule has 1 aromatic heterocycles. The molecule has 9 heteroatoms. The summed E-state index contributed by atoms with van der Waals surface area (Å²) in [7, 11) is 1.80. The lowest BCUT2D eigenvalue weighted by molar-refractivity contribution is 0.0773. The van der Waals surface area contributed by atoms with Crippen LogP contribution in [0.3, 0.4) is 0 Å². The van der Waals surface area contributed by atoms with Crippen LogP contribution < -0.4 is 15.5 Å². The predicted octanol–water partition coefficient (Wildman–Crippen LogP) is 2.14. The molecule has 0 spiro atoms. The van der Waals surface area contributed by atoms with Crippen LogP contribution in [0.15, 0.2) is 24.3 Å². The molecule has 1 unspecified atom stereocenters. The van der Waals surface area contributed by atoms with Crippen LogP contribution >= 0.6 is 0 Å². The molecule has 3 heterocycles. The largest absolute Gasteiger partial charge is 0.377 e. The fourth-order valence-electron chi connectivity index (χ4n) is 3.89. The summed E-state index contributed by atoms with van der Waals surface area (Å²) >= 11 is 0. The lowest BCUT2D eigenvalue weighted by Gasteiger charge is -2.37. The van der Waals surface area contributed by atoms with E-state index < -0.39 is 0 Å². The van der Waals surface area contributed by atoms with Crippen LogP contribution in [0.1, 0.15) is 29.9 Å². The van der Waals surface area contributed by atoms with E-state index in [2.05, 4.69) is 27.4 Å². The summed E-state index contributed by atoms with van der Waals surface area (Å²) < 4.78 is 5.59. The number of carbonyl (C=O) groups is 2. The molecule has 3 amide bonds. The molecule has 1 atom stereocenters. The zero-order valence-electron chi connectivity index (χ0n) is 18.1. The molecule has 4 rings (SSSR count). The quantitative estimate of drug-likeness (QED) is 0.780. The number of amides is 3. The number of benzene rings is 1. The number of carbonyl (C=O) groups excluding carboxylic acids is 2. The van der Waals surface area contributed by atoms with E-state index in [-0.39, 0.29) is 18.0 Å². The third-order valence-electron chi connectivity index (χ3n) is 5.61. The van der Waals surface area contributed by atoms with Crippen molar-refractivity contribution in [3.63, 3.8) is 0 Å². The summed E-state index contributed by atoms with van der Waals surface area (Å²) in [6.07, 6.45) is 0.729. The number of nitrogens with one attached hydrogen (secondary N) is 2. The number of likely N-dealkylation sites (N-methyl/N-ethyl adjacent to an activating group) is 1. The van der Waals surface area contributed by atoms with Crippen LogP contribution in [0.25, 0.3) is 11.4 Å². The number of aromatic nitrogens is 2. The highest BCUT2D eigenvalue weighted by Gasteiger charge is 2.31. The monoisotopic (exact) mass is 424 g/mol. The first kappa shape index (κ1) is 21.0. The SMILES string of the molecule is CCNC(=O)Nc1ccc(-c2nc3c(c(N4CCOCC4C)n2)CCN(C)C3=O)cc1. The van der Waals surface area contributed by atoms with E-state index in [9.17, 15) is 9.59 Å².